The molecular weight excluding hydrogens is 332 g/mol. The summed E-state index contributed by atoms with van der Waals surface area (Å²) in [6, 6.07) is 0. The first kappa shape index (κ1) is 19.5. The minimum atomic E-state index is -0.0413. The quantitative estimate of drug-likeness (QED) is 0.413. The molecule has 0 aromatic rings. The average Bonchev–Trinajstić information content (AvgIpc) is 3.02. The summed E-state index contributed by atoms with van der Waals surface area (Å²) in [6.07, 6.45) is 16.9. The van der Waals surface area contributed by atoms with Gasteiger partial charge < -0.3 is 4.74 Å². The number of rotatable bonds is 4. The maximum Gasteiger partial charge on any atom is 0.305 e. The molecule has 4 aliphatic rings. The maximum absolute atomic E-state index is 11.6. The zero-order valence-corrected chi connectivity index (χ0v) is 18.1. The molecule has 7 unspecified atom stereocenters. The van der Waals surface area contributed by atoms with Crippen LogP contribution in [0, 0.1) is 40.4 Å². The van der Waals surface area contributed by atoms with Gasteiger partial charge in [-0.2, -0.15) is 0 Å². The Kier molecular flexibility index (Phi) is 5.23. The molecule has 0 spiro atoms. The zero-order chi connectivity index (χ0) is 19.2. The van der Waals surface area contributed by atoms with E-state index in [2.05, 4.69) is 26.8 Å². The lowest BCUT2D eigenvalue weighted by molar-refractivity contribution is -0.141. The van der Waals surface area contributed by atoms with Gasteiger partial charge in [-0.05, 0) is 98.2 Å². The molecule has 3 fully saturated rings. The van der Waals surface area contributed by atoms with Crippen LogP contribution in [0.2, 0.25) is 0 Å². The number of hydrogen-bond acceptors (Lipinski definition) is 2. The van der Waals surface area contributed by atoms with Crippen LogP contribution in [0.1, 0.15) is 91.4 Å². The number of fused-ring (bicyclic) bond motifs is 5. The smallest absolute Gasteiger partial charge is 0.305 e. The van der Waals surface area contributed by atoms with Crippen LogP contribution in [0.5, 0.6) is 0 Å². The van der Waals surface area contributed by atoms with Crippen molar-refractivity contribution in [1.82, 2.24) is 0 Å². The summed E-state index contributed by atoms with van der Waals surface area (Å²) in [5.41, 5.74) is 2.82. The zero-order valence-electron chi connectivity index (χ0n) is 18.1. The molecule has 4 rings (SSSR count). The van der Waals surface area contributed by atoms with Crippen LogP contribution in [-0.2, 0) is 9.53 Å². The van der Waals surface area contributed by atoms with E-state index in [1.807, 2.05) is 5.57 Å². The van der Waals surface area contributed by atoms with Crippen LogP contribution < -0.4 is 0 Å². The Balaban J connectivity index is 1.51. The molecule has 0 saturated heterocycles. The standard InChI is InChI=1S/C25H40O2/c1-17(8-13-23(26)27-4)20-11-12-21-19-10-9-18-7-5-6-15-24(18,2)22(19)14-16-25(20,21)3/h9,17,19-22H,5-8,10-16H2,1-4H3. The van der Waals surface area contributed by atoms with Gasteiger partial charge in [0.2, 0.25) is 0 Å². The molecule has 0 aromatic carbocycles. The summed E-state index contributed by atoms with van der Waals surface area (Å²) in [5, 5.41) is 0. The summed E-state index contributed by atoms with van der Waals surface area (Å²) in [6.45, 7) is 7.63. The number of esters is 1. The third-order valence-corrected chi connectivity index (χ3v) is 9.81. The van der Waals surface area contributed by atoms with Gasteiger partial charge in [0, 0.05) is 6.42 Å². The Hall–Kier alpha value is -0.790. The molecule has 0 amide bonds. The van der Waals surface area contributed by atoms with E-state index < -0.39 is 0 Å². The average molecular weight is 373 g/mol. The Bertz CT molecular complexity index is 607. The molecule has 2 heteroatoms. The summed E-state index contributed by atoms with van der Waals surface area (Å²) in [7, 11) is 1.51. The first-order chi connectivity index (χ1) is 12.9. The van der Waals surface area contributed by atoms with Gasteiger partial charge in [0.1, 0.15) is 0 Å². The van der Waals surface area contributed by atoms with Crippen molar-refractivity contribution in [3.8, 4) is 0 Å². The van der Waals surface area contributed by atoms with E-state index >= 15 is 0 Å². The maximum atomic E-state index is 11.6. The van der Waals surface area contributed by atoms with Crippen molar-refractivity contribution in [3.63, 3.8) is 0 Å². The van der Waals surface area contributed by atoms with Crippen molar-refractivity contribution in [3.05, 3.63) is 11.6 Å². The molecule has 7 atom stereocenters. The van der Waals surface area contributed by atoms with Gasteiger partial charge in [-0.25, -0.2) is 0 Å². The second kappa shape index (κ2) is 7.23. The van der Waals surface area contributed by atoms with Gasteiger partial charge in [0.25, 0.3) is 0 Å². The highest BCUT2D eigenvalue weighted by atomic mass is 16.5. The molecule has 0 aliphatic heterocycles. The minimum Gasteiger partial charge on any atom is -0.469 e. The highest BCUT2D eigenvalue weighted by Crippen LogP contribution is 2.67. The minimum absolute atomic E-state index is 0.0413. The highest BCUT2D eigenvalue weighted by molar-refractivity contribution is 5.69. The molecule has 0 bridgehead atoms. The van der Waals surface area contributed by atoms with Crippen LogP contribution in [0.25, 0.3) is 0 Å². The normalized spacial score (nSPS) is 44.5. The van der Waals surface area contributed by atoms with E-state index in [4.69, 9.17) is 4.74 Å². The molecular formula is C25H40O2. The van der Waals surface area contributed by atoms with Crippen LogP contribution in [0.3, 0.4) is 0 Å². The monoisotopic (exact) mass is 372 g/mol. The molecule has 152 valence electrons. The third kappa shape index (κ3) is 3.10. The first-order valence-corrected chi connectivity index (χ1v) is 11.7. The highest BCUT2D eigenvalue weighted by Gasteiger charge is 2.58. The first-order valence-electron chi connectivity index (χ1n) is 11.7. The van der Waals surface area contributed by atoms with Crippen LogP contribution in [0.15, 0.2) is 11.6 Å². The van der Waals surface area contributed by atoms with Crippen molar-refractivity contribution in [2.45, 2.75) is 91.4 Å². The molecule has 2 nitrogen and oxygen atoms in total. The van der Waals surface area contributed by atoms with Gasteiger partial charge in [-0.3, -0.25) is 4.79 Å². The molecule has 0 radical (unpaired) electrons. The van der Waals surface area contributed by atoms with Crippen molar-refractivity contribution in [2.75, 3.05) is 7.11 Å². The van der Waals surface area contributed by atoms with Gasteiger partial charge in [-0.1, -0.05) is 38.8 Å². The Morgan fingerprint density at radius 2 is 2.00 bits per heavy atom. The number of methoxy groups -OCH3 is 1. The Morgan fingerprint density at radius 3 is 2.78 bits per heavy atom. The number of carbonyl (C=O) groups excluding carboxylic acids is 1. The number of carbonyl (C=O) groups is 1. The number of hydrogen-bond donors (Lipinski definition) is 0. The molecule has 4 aliphatic carbocycles. The van der Waals surface area contributed by atoms with E-state index in [9.17, 15) is 4.79 Å². The fourth-order valence-corrected chi connectivity index (χ4v) is 8.32. The van der Waals surface area contributed by atoms with E-state index in [0.29, 0.717) is 23.2 Å². The van der Waals surface area contributed by atoms with Crippen molar-refractivity contribution < 1.29 is 9.53 Å². The Morgan fingerprint density at radius 1 is 1.19 bits per heavy atom. The largest absolute Gasteiger partial charge is 0.469 e. The van der Waals surface area contributed by atoms with Crippen molar-refractivity contribution in [1.29, 1.82) is 0 Å². The molecule has 3 saturated carbocycles. The second-order valence-electron chi connectivity index (χ2n) is 10.8. The predicted octanol–water partition coefficient (Wildman–Crippen LogP) is 6.54. The van der Waals surface area contributed by atoms with Crippen LogP contribution in [-0.4, -0.2) is 13.1 Å². The fraction of sp³-hybridized carbons (Fsp3) is 0.880. The van der Waals surface area contributed by atoms with Crippen LogP contribution >= 0.6 is 0 Å². The lowest BCUT2D eigenvalue weighted by Gasteiger charge is -2.58. The topological polar surface area (TPSA) is 26.3 Å². The predicted molar refractivity (Wildman–Crippen MR) is 110 cm³/mol. The van der Waals surface area contributed by atoms with E-state index in [1.165, 1.54) is 64.9 Å². The summed E-state index contributed by atoms with van der Waals surface area (Å²) >= 11 is 0. The van der Waals surface area contributed by atoms with Gasteiger partial charge in [0.15, 0.2) is 0 Å². The number of ether oxygens (including phenoxy) is 1. The molecule has 0 aromatic heterocycles. The SMILES string of the molecule is COC(=O)CCC(C)C1CCC2C3CC=C4CCCCC4(C)C3CCC12C. The second-order valence-corrected chi connectivity index (χ2v) is 10.8. The van der Waals surface area contributed by atoms with Gasteiger partial charge in [0.05, 0.1) is 7.11 Å². The molecule has 0 heterocycles. The summed E-state index contributed by atoms with van der Waals surface area (Å²) in [4.78, 5) is 11.6. The van der Waals surface area contributed by atoms with E-state index in [0.717, 1.165) is 30.1 Å². The lowest BCUT2D eigenvalue weighted by Crippen LogP contribution is -2.50. The van der Waals surface area contributed by atoms with E-state index in [-0.39, 0.29) is 5.97 Å². The lowest BCUT2D eigenvalue weighted by atomic mass is 9.47. The fourth-order valence-electron chi connectivity index (χ4n) is 8.32. The molecule has 0 N–H and O–H groups in total. The molecule has 27 heavy (non-hydrogen) atoms. The van der Waals surface area contributed by atoms with Crippen LogP contribution in [0.4, 0.5) is 0 Å². The van der Waals surface area contributed by atoms with Crippen molar-refractivity contribution >= 4 is 5.97 Å². The Labute approximate surface area is 166 Å². The van der Waals surface area contributed by atoms with Gasteiger partial charge >= 0.3 is 5.97 Å². The van der Waals surface area contributed by atoms with Gasteiger partial charge in [-0.15, -0.1) is 0 Å². The third-order valence-electron chi connectivity index (χ3n) is 9.81. The van der Waals surface area contributed by atoms with E-state index in [1.54, 1.807) is 0 Å². The summed E-state index contributed by atoms with van der Waals surface area (Å²) < 4.78 is 4.88. The van der Waals surface area contributed by atoms with Crippen molar-refractivity contribution in [2.24, 2.45) is 40.4 Å². The number of allylic oxidation sites excluding steroid dienone is 2. The summed E-state index contributed by atoms with van der Waals surface area (Å²) in [5.74, 6) is 4.13.